The number of nitrogens with zero attached hydrogens (tertiary/aromatic N) is 1. The van der Waals surface area contributed by atoms with Crippen molar-refractivity contribution in [2.45, 2.75) is 47.3 Å². The van der Waals surface area contributed by atoms with Crippen molar-refractivity contribution in [3.8, 4) is 0 Å². The van der Waals surface area contributed by atoms with Crippen LogP contribution in [0.2, 0.25) is 0 Å². The van der Waals surface area contributed by atoms with Gasteiger partial charge in [0.25, 0.3) is 0 Å². The second kappa shape index (κ2) is 5.79. The van der Waals surface area contributed by atoms with Crippen molar-refractivity contribution in [2.75, 3.05) is 7.05 Å². The van der Waals surface area contributed by atoms with Crippen LogP contribution in [-0.4, -0.2) is 24.1 Å². The minimum atomic E-state index is -0.224. The average molecular weight is 213 g/mol. The molecule has 0 aliphatic carbocycles. The molecule has 0 N–H and O–H groups in total. The minimum absolute atomic E-state index is 0.0137. The molecule has 1 unspecified atom stereocenters. The number of hydrogen-bond donors (Lipinski definition) is 0. The number of carbonyl (C=O) groups is 1. The Labute approximate surface area is 93.1 Å². The maximum absolute atomic E-state index is 11.3. The first-order valence-corrected chi connectivity index (χ1v) is 5.34. The first-order valence-electron chi connectivity index (χ1n) is 5.34. The molecule has 0 aromatic heterocycles. The molecule has 0 heterocycles. The van der Waals surface area contributed by atoms with Crippen LogP contribution in [0.3, 0.4) is 0 Å². The van der Waals surface area contributed by atoms with Gasteiger partial charge < -0.3 is 9.64 Å². The lowest BCUT2D eigenvalue weighted by atomic mass is 9.93. The van der Waals surface area contributed by atoms with E-state index in [1.54, 1.807) is 25.1 Å². The summed E-state index contributed by atoms with van der Waals surface area (Å²) in [6.45, 7) is 9.75. The molecule has 0 aromatic rings. The Morgan fingerprint density at radius 1 is 1.47 bits per heavy atom. The van der Waals surface area contributed by atoms with Crippen LogP contribution in [-0.2, 0) is 9.53 Å². The van der Waals surface area contributed by atoms with Gasteiger partial charge in [-0.15, -0.1) is 0 Å². The van der Waals surface area contributed by atoms with E-state index < -0.39 is 0 Å². The summed E-state index contributed by atoms with van der Waals surface area (Å²) in [7, 11) is 1.76. The first kappa shape index (κ1) is 14.0. The van der Waals surface area contributed by atoms with Gasteiger partial charge in [-0.3, -0.25) is 4.79 Å². The van der Waals surface area contributed by atoms with E-state index >= 15 is 0 Å². The third-order valence-corrected chi connectivity index (χ3v) is 2.13. The summed E-state index contributed by atoms with van der Waals surface area (Å²) in [4.78, 5) is 12.9. The molecule has 0 aliphatic rings. The number of hydrogen-bond acceptors (Lipinski definition) is 2. The van der Waals surface area contributed by atoms with Gasteiger partial charge in [-0.05, 0) is 6.42 Å². The second-order valence-corrected chi connectivity index (χ2v) is 4.76. The van der Waals surface area contributed by atoms with Crippen LogP contribution in [0.4, 0.5) is 0 Å². The molecule has 88 valence electrons. The smallest absolute Gasteiger partial charge is 0.222 e. The molecule has 3 heteroatoms. The summed E-state index contributed by atoms with van der Waals surface area (Å²) in [6, 6.07) is 0. The van der Waals surface area contributed by atoms with Crippen molar-refractivity contribution in [3.05, 3.63) is 12.3 Å². The van der Waals surface area contributed by atoms with E-state index in [4.69, 9.17) is 4.74 Å². The molecule has 0 bridgehead atoms. The molecule has 15 heavy (non-hydrogen) atoms. The Bertz CT molecular complexity index is 228. The molecule has 0 spiro atoms. The van der Waals surface area contributed by atoms with Crippen LogP contribution in [0.15, 0.2) is 12.3 Å². The number of amides is 1. The summed E-state index contributed by atoms with van der Waals surface area (Å²) < 4.78 is 5.59. The van der Waals surface area contributed by atoms with Gasteiger partial charge in [0.1, 0.15) is 0 Å². The molecule has 1 amide bonds. The molecular formula is C12H23NO2. The fourth-order valence-corrected chi connectivity index (χ4v) is 1.27. The highest BCUT2D eigenvalue weighted by Gasteiger charge is 2.30. The van der Waals surface area contributed by atoms with Crippen molar-refractivity contribution >= 4 is 5.91 Å². The van der Waals surface area contributed by atoms with E-state index in [2.05, 4.69) is 20.8 Å². The Kier molecular flexibility index (Phi) is 5.40. The standard InChI is InChI=1S/C12H23NO2/c1-7-8-9-15-11(12(3,4)5)13(6)10(2)14/h8-9,11H,7H2,1-6H3/b9-8+. The summed E-state index contributed by atoms with van der Waals surface area (Å²) >= 11 is 0. The fraction of sp³-hybridized carbons (Fsp3) is 0.750. The molecule has 0 fully saturated rings. The molecule has 0 aliphatic heterocycles. The first-order chi connectivity index (χ1) is 6.80. The fourth-order valence-electron chi connectivity index (χ4n) is 1.27. The van der Waals surface area contributed by atoms with E-state index in [1.165, 1.54) is 0 Å². The van der Waals surface area contributed by atoms with E-state index in [9.17, 15) is 4.79 Å². The number of rotatable bonds is 4. The van der Waals surface area contributed by atoms with Crippen LogP contribution < -0.4 is 0 Å². The van der Waals surface area contributed by atoms with Crippen molar-refractivity contribution in [1.29, 1.82) is 0 Å². The van der Waals surface area contributed by atoms with E-state index in [0.717, 1.165) is 6.42 Å². The van der Waals surface area contributed by atoms with Gasteiger partial charge in [-0.1, -0.05) is 33.8 Å². The second-order valence-electron chi connectivity index (χ2n) is 4.76. The molecular weight excluding hydrogens is 190 g/mol. The summed E-state index contributed by atoms with van der Waals surface area (Å²) in [5, 5.41) is 0. The Hall–Kier alpha value is -0.990. The van der Waals surface area contributed by atoms with Crippen LogP contribution in [0.25, 0.3) is 0 Å². The molecule has 3 nitrogen and oxygen atoms in total. The van der Waals surface area contributed by atoms with Gasteiger partial charge in [0.05, 0.1) is 6.26 Å². The van der Waals surface area contributed by atoms with Gasteiger partial charge >= 0.3 is 0 Å². The average Bonchev–Trinajstić information content (AvgIpc) is 2.09. The van der Waals surface area contributed by atoms with Gasteiger partial charge in [0.2, 0.25) is 5.91 Å². The maximum atomic E-state index is 11.3. The zero-order valence-corrected chi connectivity index (χ0v) is 10.7. The van der Waals surface area contributed by atoms with Crippen LogP contribution >= 0.6 is 0 Å². The van der Waals surface area contributed by atoms with E-state index in [-0.39, 0.29) is 17.6 Å². The highest BCUT2D eigenvalue weighted by Crippen LogP contribution is 2.24. The molecule has 0 radical (unpaired) electrons. The van der Waals surface area contributed by atoms with Gasteiger partial charge in [0, 0.05) is 19.4 Å². The molecule has 0 saturated carbocycles. The van der Waals surface area contributed by atoms with Gasteiger partial charge in [-0.2, -0.15) is 0 Å². The van der Waals surface area contributed by atoms with Crippen LogP contribution in [0.5, 0.6) is 0 Å². The van der Waals surface area contributed by atoms with Crippen LogP contribution in [0, 0.1) is 5.41 Å². The summed E-state index contributed by atoms with van der Waals surface area (Å²) in [6.07, 6.45) is 4.32. The van der Waals surface area contributed by atoms with Crippen molar-refractivity contribution in [2.24, 2.45) is 5.41 Å². The zero-order chi connectivity index (χ0) is 12.1. The molecule has 1 atom stereocenters. The Morgan fingerprint density at radius 2 is 2.00 bits per heavy atom. The largest absolute Gasteiger partial charge is 0.478 e. The summed E-state index contributed by atoms with van der Waals surface area (Å²) in [5.41, 5.74) is -0.0987. The number of allylic oxidation sites excluding steroid dienone is 1. The number of ether oxygens (including phenoxy) is 1. The van der Waals surface area contributed by atoms with Gasteiger partial charge in [-0.25, -0.2) is 0 Å². The number of carbonyl (C=O) groups excluding carboxylic acids is 1. The molecule has 0 saturated heterocycles. The predicted molar refractivity (Wildman–Crippen MR) is 62.2 cm³/mol. The lowest BCUT2D eigenvalue weighted by Crippen LogP contribution is -2.45. The van der Waals surface area contributed by atoms with Gasteiger partial charge in [0.15, 0.2) is 6.23 Å². The predicted octanol–water partition coefficient (Wildman–Crippen LogP) is 2.78. The quantitative estimate of drug-likeness (QED) is 0.531. The van der Waals surface area contributed by atoms with Crippen molar-refractivity contribution < 1.29 is 9.53 Å². The van der Waals surface area contributed by atoms with Crippen molar-refractivity contribution in [3.63, 3.8) is 0 Å². The summed E-state index contributed by atoms with van der Waals surface area (Å²) in [5.74, 6) is 0.0137. The van der Waals surface area contributed by atoms with E-state index in [1.807, 2.05) is 13.0 Å². The normalized spacial score (nSPS) is 14.0. The Morgan fingerprint density at radius 3 is 2.33 bits per heavy atom. The van der Waals surface area contributed by atoms with Crippen molar-refractivity contribution in [1.82, 2.24) is 4.90 Å². The zero-order valence-electron chi connectivity index (χ0n) is 10.7. The van der Waals surface area contributed by atoms with E-state index in [0.29, 0.717) is 0 Å². The third kappa shape index (κ3) is 4.86. The van der Waals surface area contributed by atoms with Crippen LogP contribution in [0.1, 0.15) is 41.0 Å². The highest BCUT2D eigenvalue weighted by atomic mass is 16.5. The lowest BCUT2D eigenvalue weighted by Gasteiger charge is -2.36. The minimum Gasteiger partial charge on any atom is -0.478 e. The SMILES string of the molecule is CC/C=C/OC(N(C)C(C)=O)C(C)(C)C. The molecule has 0 rings (SSSR count). The lowest BCUT2D eigenvalue weighted by molar-refractivity contribution is -0.145. The molecule has 0 aromatic carbocycles. The third-order valence-electron chi connectivity index (χ3n) is 2.13. The Balaban J connectivity index is 4.59. The maximum Gasteiger partial charge on any atom is 0.222 e. The topological polar surface area (TPSA) is 29.5 Å². The monoisotopic (exact) mass is 213 g/mol. The highest BCUT2D eigenvalue weighted by molar-refractivity contribution is 5.73.